The van der Waals surface area contributed by atoms with Crippen molar-refractivity contribution in [1.29, 1.82) is 0 Å². The molecule has 5 nitrogen and oxygen atoms in total. The Morgan fingerprint density at radius 2 is 1.89 bits per heavy atom. The lowest BCUT2D eigenvalue weighted by atomic mass is 10.2. The van der Waals surface area contributed by atoms with Gasteiger partial charge in [-0.25, -0.2) is 0 Å². The molecule has 1 rings (SSSR count). The van der Waals surface area contributed by atoms with Gasteiger partial charge in [0.25, 0.3) is 5.91 Å². The highest BCUT2D eigenvalue weighted by Gasteiger charge is 2.18. The summed E-state index contributed by atoms with van der Waals surface area (Å²) in [6.45, 7) is 3.22. The van der Waals surface area contributed by atoms with Gasteiger partial charge in [0, 0.05) is 11.1 Å². The lowest BCUT2D eigenvalue weighted by molar-refractivity contribution is -0.137. The topological polar surface area (TPSA) is 75.6 Å². The predicted molar refractivity (Wildman–Crippen MR) is 71.4 cm³/mol. The zero-order valence-electron chi connectivity index (χ0n) is 10.7. The van der Waals surface area contributed by atoms with Crippen molar-refractivity contribution in [3.05, 3.63) is 29.3 Å². The van der Waals surface area contributed by atoms with Gasteiger partial charge in [-0.1, -0.05) is 11.6 Å². The first-order valence-corrected chi connectivity index (χ1v) is 6.20. The third-order valence-electron chi connectivity index (χ3n) is 2.37. The number of nitrogens with one attached hydrogen (secondary N) is 1. The van der Waals surface area contributed by atoms with Gasteiger partial charge in [0.05, 0.1) is 6.42 Å². The molecule has 0 radical (unpaired) electrons. The molecule has 19 heavy (non-hydrogen) atoms. The van der Waals surface area contributed by atoms with Crippen LogP contribution in [0.2, 0.25) is 5.02 Å². The SMILES string of the molecule is CC(CC(=O)O)NC(=O)C(C)Oc1ccc(Cl)cc1. The van der Waals surface area contributed by atoms with Crippen LogP contribution in [0.5, 0.6) is 5.75 Å². The maximum Gasteiger partial charge on any atom is 0.305 e. The van der Waals surface area contributed by atoms with Gasteiger partial charge in [0.2, 0.25) is 0 Å². The molecule has 0 fully saturated rings. The van der Waals surface area contributed by atoms with Gasteiger partial charge < -0.3 is 15.2 Å². The zero-order chi connectivity index (χ0) is 14.4. The van der Waals surface area contributed by atoms with Crippen LogP contribution in [0.15, 0.2) is 24.3 Å². The molecule has 2 N–H and O–H groups in total. The molecule has 2 unspecified atom stereocenters. The van der Waals surface area contributed by atoms with Crippen molar-refractivity contribution in [3.63, 3.8) is 0 Å². The summed E-state index contributed by atoms with van der Waals surface area (Å²) in [5.41, 5.74) is 0. The van der Waals surface area contributed by atoms with Gasteiger partial charge in [-0.2, -0.15) is 0 Å². The van der Waals surface area contributed by atoms with E-state index in [4.69, 9.17) is 21.4 Å². The Hall–Kier alpha value is -1.75. The summed E-state index contributed by atoms with van der Waals surface area (Å²) in [7, 11) is 0. The fraction of sp³-hybridized carbons (Fsp3) is 0.385. The molecule has 1 aromatic rings. The lowest BCUT2D eigenvalue weighted by Gasteiger charge is -2.17. The van der Waals surface area contributed by atoms with Crippen LogP contribution in [-0.4, -0.2) is 29.1 Å². The molecule has 0 heterocycles. The molecule has 1 amide bonds. The van der Waals surface area contributed by atoms with E-state index in [0.29, 0.717) is 10.8 Å². The van der Waals surface area contributed by atoms with Gasteiger partial charge in [0.15, 0.2) is 6.10 Å². The second-order valence-electron chi connectivity index (χ2n) is 4.22. The quantitative estimate of drug-likeness (QED) is 0.839. The number of hydrogen-bond donors (Lipinski definition) is 2. The van der Waals surface area contributed by atoms with E-state index in [2.05, 4.69) is 5.32 Å². The minimum Gasteiger partial charge on any atom is -0.481 e. The minimum absolute atomic E-state index is 0.126. The van der Waals surface area contributed by atoms with Crippen LogP contribution in [0.25, 0.3) is 0 Å². The summed E-state index contributed by atoms with van der Waals surface area (Å²) >= 11 is 5.74. The smallest absolute Gasteiger partial charge is 0.305 e. The number of rotatable bonds is 6. The van der Waals surface area contributed by atoms with Gasteiger partial charge in [-0.3, -0.25) is 9.59 Å². The first-order chi connectivity index (χ1) is 8.88. The molecule has 0 aliphatic carbocycles. The molecule has 6 heteroatoms. The van der Waals surface area contributed by atoms with Crippen molar-refractivity contribution in [3.8, 4) is 5.75 Å². The maximum absolute atomic E-state index is 11.8. The normalized spacial score (nSPS) is 13.4. The molecule has 0 bridgehead atoms. The molecule has 0 aliphatic rings. The minimum atomic E-state index is -0.959. The van der Waals surface area contributed by atoms with E-state index in [0.717, 1.165) is 0 Å². The van der Waals surface area contributed by atoms with Crippen LogP contribution in [0.1, 0.15) is 20.3 Å². The first kappa shape index (κ1) is 15.3. The third-order valence-corrected chi connectivity index (χ3v) is 2.62. The Kier molecular flexibility index (Phi) is 5.63. The van der Waals surface area contributed by atoms with E-state index in [1.165, 1.54) is 0 Å². The zero-order valence-corrected chi connectivity index (χ0v) is 11.5. The predicted octanol–water partition coefficient (Wildman–Crippen LogP) is 2.09. The lowest BCUT2D eigenvalue weighted by Crippen LogP contribution is -2.42. The van der Waals surface area contributed by atoms with Crippen LogP contribution < -0.4 is 10.1 Å². The van der Waals surface area contributed by atoms with Crippen molar-refractivity contribution in [2.75, 3.05) is 0 Å². The summed E-state index contributed by atoms with van der Waals surface area (Å²) in [6.07, 6.45) is -0.836. The van der Waals surface area contributed by atoms with Crippen molar-refractivity contribution in [2.24, 2.45) is 0 Å². The molecule has 2 atom stereocenters. The molecule has 0 spiro atoms. The van der Waals surface area contributed by atoms with Crippen LogP contribution in [-0.2, 0) is 9.59 Å². The van der Waals surface area contributed by atoms with Crippen molar-refractivity contribution in [2.45, 2.75) is 32.4 Å². The summed E-state index contributed by atoms with van der Waals surface area (Å²) in [5.74, 6) is -0.791. The van der Waals surface area contributed by atoms with E-state index in [1.54, 1.807) is 38.1 Å². The van der Waals surface area contributed by atoms with Crippen LogP contribution in [0, 0.1) is 0 Å². The number of carboxylic acid groups (broad SMARTS) is 1. The molecular formula is C13H16ClNO4. The molecule has 0 saturated carbocycles. The molecule has 0 aliphatic heterocycles. The number of ether oxygens (including phenoxy) is 1. The summed E-state index contributed by atoms with van der Waals surface area (Å²) in [4.78, 5) is 22.2. The summed E-state index contributed by atoms with van der Waals surface area (Å²) in [6, 6.07) is 6.20. The van der Waals surface area contributed by atoms with Crippen molar-refractivity contribution >= 4 is 23.5 Å². The second-order valence-corrected chi connectivity index (χ2v) is 4.66. The average Bonchev–Trinajstić information content (AvgIpc) is 2.30. The number of carbonyl (C=O) groups excluding carboxylic acids is 1. The summed E-state index contributed by atoms with van der Waals surface area (Å²) < 4.78 is 5.42. The number of carbonyl (C=O) groups is 2. The number of amides is 1. The van der Waals surface area contributed by atoms with Crippen molar-refractivity contribution in [1.82, 2.24) is 5.32 Å². The van der Waals surface area contributed by atoms with Gasteiger partial charge >= 0.3 is 5.97 Å². The second kappa shape index (κ2) is 6.99. The highest BCUT2D eigenvalue weighted by molar-refractivity contribution is 6.30. The standard InChI is InChI=1S/C13H16ClNO4/c1-8(7-12(16)17)15-13(18)9(2)19-11-5-3-10(14)4-6-11/h3-6,8-9H,7H2,1-2H3,(H,15,18)(H,16,17). The van der Waals surface area contributed by atoms with Gasteiger partial charge in [-0.05, 0) is 38.1 Å². The van der Waals surface area contributed by atoms with E-state index < -0.39 is 18.1 Å². The number of halogens is 1. The number of benzene rings is 1. The van der Waals surface area contributed by atoms with Crippen LogP contribution >= 0.6 is 11.6 Å². The van der Waals surface area contributed by atoms with E-state index in [1.807, 2.05) is 0 Å². The molecular weight excluding hydrogens is 270 g/mol. The Bertz CT molecular complexity index is 446. The van der Waals surface area contributed by atoms with E-state index in [9.17, 15) is 9.59 Å². The number of hydrogen-bond acceptors (Lipinski definition) is 3. The Balaban J connectivity index is 2.48. The largest absolute Gasteiger partial charge is 0.481 e. The highest BCUT2D eigenvalue weighted by atomic mass is 35.5. The van der Waals surface area contributed by atoms with E-state index in [-0.39, 0.29) is 12.3 Å². The van der Waals surface area contributed by atoms with Gasteiger partial charge in [-0.15, -0.1) is 0 Å². The average molecular weight is 286 g/mol. The molecule has 0 aromatic heterocycles. The number of carboxylic acids is 1. The van der Waals surface area contributed by atoms with Gasteiger partial charge in [0.1, 0.15) is 5.75 Å². The van der Waals surface area contributed by atoms with E-state index >= 15 is 0 Å². The fourth-order valence-electron chi connectivity index (χ4n) is 1.44. The fourth-order valence-corrected chi connectivity index (χ4v) is 1.57. The Morgan fingerprint density at radius 3 is 2.42 bits per heavy atom. The first-order valence-electron chi connectivity index (χ1n) is 5.83. The maximum atomic E-state index is 11.8. The Labute approximate surface area is 116 Å². The third kappa shape index (κ3) is 5.61. The number of aliphatic carboxylic acids is 1. The summed E-state index contributed by atoms with van der Waals surface area (Å²) in [5, 5.41) is 11.8. The highest BCUT2D eigenvalue weighted by Crippen LogP contribution is 2.16. The van der Waals surface area contributed by atoms with Crippen molar-refractivity contribution < 1.29 is 19.4 Å². The molecule has 0 saturated heterocycles. The van der Waals surface area contributed by atoms with Crippen LogP contribution in [0.3, 0.4) is 0 Å². The molecule has 1 aromatic carbocycles. The molecule has 104 valence electrons. The van der Waals surface area contributed by atoms with Crippen LogP contribution in [0.4, 0.5) is 0 Å². The monoisotopic (exact) mass is 285 g/mol. The Morgan fingerprint density at radius 1 is 1.32 bits per heavy atom.